The number of methoxy groups -OCH3 is 1. The third-order valence-corrected chi connectivity index (χ3v) is 4.15. The van der Waals surface area contributed by atoms with Gasteiger partial charge in [-0.05, 0) is 43.5 Å². The quantitative estimate of drug-likeness (QED) is 0.850. The Morgan fingerprint density at radius 1 is 1.41 bits per heavy atom. The van der Waals surface area contributed by atoms with Gasteiger partial charge in [0.2, 0.25) is 0 Å². The van der Waals surface area contributed by atoms with Gasteiger partial charge >= 0.3 is 0 Å². The van der Waals surface area contributed by atoms with E-state index in [4.69, 9.17) is 4.74 Å². The second kappa shape index (κ2) is 6.87. The molecule has 0 spiro atoms. The fourth-order valence-electron chi connectivity index (χ4n) is 3.15. The highest BCUT2D eigenvalue weighted by molar-refractivity contribution is 5.33. The molecule has 0 unspecified atom stereocenters. The Labute approximate surface area is 129 Å². The molecule has 1 fully saturated rings. The van der Waals surface area contributed by atoms with Crippen LogP contribution in [0.2, 0.25) is 0 Å². The lowest BCUT2D eigenvalue weighted by atomic mass is 9.97. The van der Waals surface area contributed by atoms with E-state index in [1.54, 1.807) is 31.9 Å². The summed E-state index contributed by atoms with van der Waals surface area (Å²) in [6.45, 7) is 3.62. The van der Waals surface area contributed by atoms with Crippen LogP contribution in [0.5, 0.6) is 5.75 Å². The molecule has 118 valence electrons. The molecule has 2 heterocycles. The SMILES string of the molecule is COc1ccc(F)cc1CN1CCC[C@H](Cn2cncn2)C1. The average molecular weight is 304 g/mol. The summed E-state index contributed by atoms with van der Waals surface area (Å²) in [5, 5.41) is 4.18. The topological polar surface area (TPSA) is 43.2 Å². The molecule has 1 atom stereocenters. The van der Waals surface area contributed by atoms with Crippen LogP contribution in [0.4, 0.5) is 4.39 Å². The molecule has 0 bridgehead atoms. The fraction of sp³-hybridized carbons (Fsp3) is 0.500. The Hall–Kier alpha value is -1.95. The van der Waals surface area contributed by atoms with E-state index in [-0.39, 0.29) is 5.82 Å². The first-order valence-corrected chi connectivity index (χ1v) is 7.62. The summed E-state index contributed by atoms with van der Waals surface area (Å²) in [5.41, 5.74) is 0.906. The van der Waals surface area contributed by atoms with E-state index in [2.05, 4.69) is 15.0 Å². The molecule has 0 radical (unpaired) electrons. The van der Waals surface area contributed by atoms with Crippen LogP contribution in [-0.2, 0) is 13.1 Å². The molecule has 3 rings (SSSR count). The van der Waals surface area contributed by atoms with Crippen LogP contribution in [0.3, 0.4) is 0 Å². The Morgan fingerprint density at radius 3 is 3.09 bits per heavy atom. The van der Waals surface area contributed by atoms with Gasteiger partial charge in [0.05, 0.1) is 7.11 Å². The molecule has 5 nitrogen and oxygen atoms in total. The van der Waals surface area contributed by atoms with E-state index in [9.17, 15) is 4.39 Å². The molecule has 22 heavy (non-hydrogen) atoms. The van der Waals surface area contributed by atoms with Crippen molar-refractivity contribution in [3.8, 4) is 5.75 Å². The number of rotatable bonds is 5. The minimum Gasteiger partial charge on any atom is -0.496 e. The van der Waals surface area contributed by atoms with Crippen LogP contribution < -0.4 is 4.74 Å². The molecule has 0 aliphatic carbocycles. The van der Waals surface area contributed by atoms with Crippen molar-refractivity contribution in [2.75, 3.05) is 20.2 Å². The third kappa shape index (κ3) is 3.62. The van der Waals surface area contributed by atoms with Crippen LogP contribution in [0.1, 0.15) is 18.4 Å². The van der Waals surface area contributed by atoms with Gasteiger partial charge in [0.25, 0.3) is 0 Å². The van der Waals surface area contributed by atoms with Gasteiger partial charge < -0.3 is 4.74 Å². The predicted molar refractivity (Wildman–Crippen MR) is 81.0 cm³/mol. The van der Waals surface area contributed by atoms with Gasteiger partial charge in [0.1, 0.15) is 24.2 Å². The van der Waals surface area contributed by atoms with Crippen molar-refractivity contribution in [3.05, 3.63) is 42.2 Å². The summed E-state index contributed by atoms with van der Waals surface area (Å²) in [4.78, 5) is 6.35. The number of piperidine rings is 1. The number of aromatic nitrogens is 3. The summed E-state index contributed by atoms with van der Waals surface area (Å²) in [7, 11) is 1.63. The van der Waals surface area contributed by atoms with Crippen molar-refractivity contribution < 1.29 is 9.13 Å². The standard InChI is InChI=1S/C16H21FN4O/c1-22-16-5-4-15(17)7-14(16)10-20-6-2-3-13(8-20)9-21-12-18-11-19-21/h4-5,7,11-13H,2-3,6,8-10H2,1H3/t13-/m0/s1. The molecule has 1 aromatic heterocycles. The third-order valence-electron chi connectivity index (χ3n) is 4.15. The van der Waals surface area contributed by atoms with E-state index in [1.165, 1.54) is 12.5 Å². The van der Waals surface area contributed by atoms with Crippen LogP contribution in [0.15, 0.2) is 30.9 Å². The number of benzene rings is 1. The molecule has 0 saturated carbocycles. The normalized spacial score (nSPS) is 19.3. The molecule has 1 saturated heterocycles. The van der Waals surface area contributed by atoms with Crippen molar-refractivity contribution in [1.29, 1.82) is 0 Å². The van der Waals surface area contributed by atoms with Gasteiger partial charge in [0.15, 0.2) is 0 Å². The first-order valence-electron chi connectivity index (χ1n) is 7.62. The van der Waals surface area contributed by atoms with E-state index >= 15 is 0 Å². The lowest BCUT2D eigenvalue weighted by Crippen LogP contribution is -2.36. The maximum absolute atomic E-state index is 13.5. The van der Waals surface area contributed by atoms with Crippen LogP contribution in [-0.4, -0.2) is 39.9 Å². The second-order valence-electron chi connectivity index (χ2n) is 5.82. The smallest absolute Gasteiger partial charge is 0.137 e. The summed E-state index contributed by atoms with van der Waals surface area (Å²) in [5.74, 6) is 1.08. The number of hydrogen-bond acceptors (Lipinski definition) is 4. The van der Waals surface area contributed by atoms with Crippen molar-refractivity contribution in [2.45, 2.75) is 25.9 Å². The number of nitrogens with zero attached hydrogens (tertiary/aromatic N) is 4. The molecule has 1 aliphatic rings. The van der Waals surface area contributed by atoms with Crippen LogP contribution in [0, 0.1) is 11.7 Å². The molecule has 6 heteroatoms. The lowest BCUT2D eigenvalue weighted by Gasteiger charge is -2.32. The van der Waals surface area contributed by atoms with E-state index < -0.39 is 0 Å². The number of ether oxygens (including phenoxy) is 1. The van der Waals surface area contributed by atoms with Gasteiger partial charge in [-0.1, -0.05) is 0 Å². The van der Waals surface area contributed by atoms with Gasteiger partial charge in [-0.15, -0.1) is 0 Å². The Kier molecular flexibility index (Phi) is 4.68. The monoisotopic (exact) mass is 304 g/mol. The minimum atomic E-state index is -0.216. The van der Waals surface area contributed by atoms with Gasteiger partial charge in [-0.3, -0.25) is 9.58 Å². The van der Waals surface area contributed by atoms with Crippen molar-refractivity contribution in [3.63, 3.8) is 0 Å². The highest BCUT2D eigenvalue weighted by Crippen LogP contribution is 2.24. The van der Waals surface area contributed by atoms with Gasteiger partial charge in [-0.2, -0.15) is 5.10 Å². The summed E-state index contributed by atoms with van der Waals surface area (Å²) >= 11 is 0. The molecule has 1 aliphatic heterocycles. The second-order valence-corrected chi connectivity index (χ2v) is 5.82. The molecule has 2 aromatic rings. The van der Waals surface area contributed by atoms with Gasteiger partial charge in [0, 0.05) is 25.2 Å². The Balaban J connectivity index is 1.64. The summed E-state index contributed by atoms with van der Waals surface area (Å²) in [6, 6.07) is 4.70. The zero-order valence-corrected chi connectivity index (χ0v) is 12.8. The fourth-order valence-corrected chi connectivity index (χ4v) is 3.15. The largest absolute Gasteiger partial charge is 0.496 e. The zero-order chi connectivity index (χ0) is 15.4. The summed E-state index contributed by atoms with van der Waals surface area (Å²) < 4.78 is 20.7. The lowest BCUT2D eigenvalue weighted by molar-refractivity contribution is 0.152. The summed E-state index contributed by atoms with van der Waals surface area (Å²) in [6.07, 6.45) is 5.67. The first kappa shape index (κ1) is 15.0. The maximum atomic E-state index is 13.5. The number of likely N-dealkylation sites (tertiary alicyclic amines) is 1. The predicted octanol–water partition coefficient (Wildman–Crippen LogP) is 2.34. The highest BCUT2D eigenvalue weighted by Gasteiger charge is 2.21. The molecule has 0 N–H and O–H groups in total. The Bertz CT molecular complexity index is 602. The highest BCUT2D eigenvalue weighted by atomic mass is 19.1. The average Bonchev–Trinajstić information content (AvgIpc) is 3.01. The zero-order valence-electron chi connectivity index (χ0n) is 12.8. The van der Waals surface area contributed by atoms with E-state index in [0.717, 1.165) is 43.9 Å². The van der Waals surface area contributed by atoms with Gasteiger partial charge in [-0.25, -0.2) is 9.37 Å². The number of hydrogen-bond donors (Lipinski definition) is 0. The molecular formula is C16H21FN4O. The first-order chi connectivity index (χ1) is 10.7. The van der Waals surface area contributed by atoms with Crippen molar-refractivity contribution in [1.82, 2.24) is 19.7 Å². The van der Waals surface area contributed by atoms with Crippen LogP contribution >= 0.6 is 0 Å². The molecular weight excluding hydrogens is 283 g/mol. The molecule has 1 aromatic carbocycles. The minimum absolute atomic E-state index is 0.216. The van der Waals surface area contributed by atoms with E-state index in [1.807, 2.05) is 4.68 Å². The van der Waals surface area contributed by atoms with Crippen molar-refractivity contribution in [2.24, 2.45) is 5.92 Å². The van der Waals surface area contributed by atoms with Crippen molar-refractivity contribution >= 4 is 0 Å². The van der Waals surface area contributed by atoms with Crippen LogP contribution in [0.25, 0.3) is 0 Å². The molecule has 0 amide bonds. The Morgan fingerprint density at radius 2 is 2.32 bits per heavy atom. The van der Waals surface area contributed by atoms with E-state index in [0.29, 0.717) is 5.92 Å². The number of halogens is 1. The maximum Gasteiger partial charge on any atom is 0.137 e.